The van der Waals surface area contributed by atoms with E-state index in [1.54, 1.807) is 34.6 Å². The normalized spacial score (nSPS) is 12.7. The van der Waals surface area contributed by atoms with Crippen LogP contribution in [0.15, 0.2) is 52.8 Å². The lowest BCUT2D eigenvalue weighted by molar-refractivity contribution is -0.157. The molecule has 0 radical (unpaired) electrons. The fraction of sp³-hybridized carbons (Fsp3) is 0.455. The number of fused-ring (bicyclic) bond motifs is 1. The predicted octanol–water partition coefficient (Wildman–Crippen LogP) is 4.03. The monoisotopic (exact) mass is 684 g/mol. The third kappa shape index (κ3) is 7.11. The summed E-state index contributed by atoms with van der Waals surface area (Å²) in [6, 6.07) is 3.62. The van der Waals surface area contributed by atoms with Crippen LogP contribution in [0.25, 0.3) is 15.2 Å². The third-order valence-corrected chi connectivity index (χ3v) is 9.02. The first-order chi connectivity index (χ1) is 22.5. The van der Waals surface area contributed by atoms with Crippen molar-refractivity contribution in [2.45, 2.75) is 72.7 Å². The van der Waals surface area contributed by atoms with Crippen LogP contribution in [0.5, 0.6) is 5.75 Å². The summed E-state index contributed by atoms with van der Waals surface area (Å²) < 4.78 is 34.2. The summed E-state index contributed by atoms with van der Waals surface area (Å²) in [5.41, 5.74) is -3.51. The molecule has 258 valence electrons. The second-order valence-corrected chi connectivity index (χ2v) is 13.7. The lowest BCUT2D eigenvalue weighted by Gasteiger charge is -2.29. The van der Waals surface area contributed by atoms with Crippen molar-refractivity contribution in [3.8, 4) is 10.8 Å². The van der Waals surface area contributed by atoms with E-state index in [4.69, 9.17) is 14.2 Å². The van der Waals surface area contributed by atoms with Gasteiger partial charge in [0, 0.05) is 17.2 Å². The van der Waals surface area contributed by atoms with E-state index in [1.165, 1.54) is 67.0 Å². The average molecular weight is 685 g/mol. The Balaban J connectivity index is 1.99. The second-order valence-electron chi connectivity index (χ2n) is 12.7. The Bertz CT molecular complexity index is 1940. The summed E-state index contributed by atoms with van der Waals surface area (Å²) in [4.78, 5) is 56.7. The van der Waals surface area contributed by atoms with Gasteiger partial charge in [0.1, 0.15) is 39.6 Å². The Morgan fingerprint density at radius 3 is 2.42 bits per heavy atom. The minimum Gasteiger partial charge on any atom is -0.496 e. The van der Waals surface area contributed by atoms with Crippen LogP contribution in [-0.2, 0) is 31.1 Å². The average Bonchev–Trinajstić information content (AvgIpc) is 3.67. The van der Waals surface area contributed by atoms with Gasteiger partial charge in [-0.1, -0.05) is 24.0 Å². The van der Waals surface area contributed by atoms with Crippen molar-refractivity contribution in [3.63, 3.8) is 0 Å². The van der Waals surface area contributed by atoms with Crippen molar-refractivity contribution in [2.75, 3.05) is 20.3 Å². The standard InChI is InChI=1S/C33H41FN6O7S/c1-10-15-46-30(43)32(5,6)18-47-24(22-16-21(34)11-12-23(22)45-9)17-38-28-25(20(4)27(48-28)40-35-13-14-36-40)26(41)39(31(38)44)33(7,8)29(42)37-19(2)3/h10-14,16,19,24H,1,15,17-18H2,2-9H3,(H,37,42)/t24-/m0/s1. The molecule has 1 aromatic carbocycles. The highest BCUT2D eigenvalue weighted by atomic mass is 32.1. The number of methoxy groups -OCH3 is 1. The molecule has 0 aliphatic heterocycles. The zero-order chi connectivity index (χ0) is 35.6. The largest absolute Gasteiger partial charge is 0.496 e. The smallest absolute Gasteiger partial charge is 0.333 e. The maximum atomic E-state index is 14.8. The van der Waals surface area contributed by atoms with Gasteiger partial charge in [-0.05, 0) is 66.7 Å². The number of carbonyl (C=O) groups excluding carboxylic acids is 2. The molecule has 1 amide bonds. The molecule has 0 saturated heterocycles. The Kier molecular flexibility index (Phi) is 10.7. The molecule has 0 aliphatic rings. The zero-order valence-electron chi connectivity index (χ0n) is 28.3. The van der Waals surface area contributed by atoms with Gasteiger partial charge < -0.3 is 19.5 Å². The highest BCUT2D eigenvalue weighted by Gasteiger charge is 2.37. The van der Waals surface area contributed by atoms with Crippen molar-refractivity contribution >= 4 is 33.4 Å². The number of ether oxygens (including phenoxy) is 3. The molecule has 3 heterocycles. The zero-order valence-corrected chi connectivity index (χ0v) is 29.1. The van der Waals surface area contributed by atoms with E-state index in [0.717, 1.165) is 15.9 Å². The number of rotatable bonds is 14. The van der Waals surface area contributed by atoms with Crippen LogP contribution in [0.1, 0.15) is 58.8 Å². The van der Waals surface area contributed by atoms with Gasteiger partial charge in [-0.25, -0.2) is 13.8 Å². The van der Waals surface area contributed by atoms with E-state index in [9.17, 15) is 23.6 Å². The van der Waals surface area contributed by atoms with Crippen LogP contribution in [0.4, 0.5) is 4.39 Å². The van der Waals surface area contributed by atoms with Crippen molar-refractivity contribution in [3.05, 3.63) is 81.0 Å². The highest BCUT2D eigenvalue weighted by Crippen LogP contribution is 2.35. The van der Waals surface area contributed by atoms with Crippen molar-refractivity contribution in [1.82, 2.24) is 29.4 Å². The number of esters is 1. The summed E-state index contributed by atoms with van der Waals surface area (Å²) in [7, 11) is 1.41. The molecule has 4 rings (SSSR count). The van der Waals surface area contributed by atoms with E-state index in [2.05, 4.69) is 22.1 Å². The molecule has 4 aromatic rings. The molecule has 0 fully saturated rings. The van der Waals surface area contributed by atoms with Gasteiger partial charge in [-0.2, -0.15) is 10.2 Å². The van der Waals surface area contributed by atoms with Crippen molar-refractivity contribution in [2.24, 2.45) is 5.41 Å². The van der Waals surface area contributed by atoms with Crippen LogP contribution in [-0.4, -0.2) is 62.4 Å². The number of nitrogens with zero attached hydrogens (tertiary/aromatic N) is 5. The van der Waals surface area contributed by atoms with Gasteiger partial charge >= 0.3 is 11.7 Å². The third-order valence-electron chi connectivity index (χ3n) is 7.74. The van der Waals surface area contributed by atoms with Gasteiger partial charge in [0.25, 0.3) is 5.56 Å². The van der Waals surface area contributed by atoms with Crippen LogP contribution < -0.4 is 21.3 Å². The lowest BCUT2D eigenvalue weighted by Crippen LogP contribution is -2.56. The molecular weight excluding hydrogens is 643 g/mol. The summed E-state index contributed by atoms with van der Waals surface area (Å²) >= 11 is 1.11. The molecule has 0 saturated carbocycles. The predicted molar refractivity (Wildman–Crippen MR) is 179 cm³/mol. The van der Waals surface area contributed by atoms with Crippen LogP contribution in [0.2, 0.25) is 0 Å². The fourth-order valence-corrected chi connectivity index (χ4v) is 6.32. The van der Waals surface area contributed by atoms with Crippen LogP contribution >= 0.6 is 11.3 Å². The number of carbonyl (C=O) groups is 2. The second kappa shape index (κ2) is 14.2. The van der Waals surface area contributed by atoms with Crippen LogP contribution in [0.3, 0.4) is 0 Å². The summed E-state index contributed by atoms with van der Waals surface area (Å²) in [6.45, 7) is 14.6. The number of aryl methyl sites for hydroxylation is 1. The topological polar surface area (TPSA) is 149 Å². The number of thiophene rings is 1. The van der Waals surface area contributed by atoms with Crippen LogP contribution in [0, 0.1) is 18.2 Å². The summed E-state index contributed by atoms with van der Waals surface area (Å²) in [6.07, 6.45) is 3.32. The van der Waals surface area contributed by atoms with E-state index in [0.29, 0.717) is 10.6 Å². The Morgan fingerprint density at radius 1 is 1.15 bits per heavy atom. The molecule has 1 atom stereocenters. The summed E-state index contributed by atoms with van der Waals surface area (Å²) in [5, 5.41) is 11.9. The number of nitrogens with one attached hydrogen (secondary N) is 1. The number of hydrogen-bond donors (Lipinski definition) is 1. The molecular formula is C33H41FN6O7S. The first-order valence-electron chi connectivity index (χ1n) is 15.2. The molecule has 0 spiro atoms. The first kappa shape index (κ1) is 36.2. The first-order valence-corrected chi connectivity index (χ1v) is 16.1. The van der Waals surface area contributed by atoms with E-state index in [-0.39, 0.29) is 47.3 Å². The molecule has 13 nitrogen and oxygen atoms in total. The highest BCUT2D eigenvalue weighted by molar-refractivity contribution is 7.21. The molecule has 0 unspecified atom stereocenters. The van der Waals surface area contributed by atoms with Gasteiger partial charge in [0.15, 0.2) is 0 Å². The Morgan fingerprint density at radius 2 is 1.81 bits per heavy atom. The van der Waals surface area contributed by atoms with Gasteiger partial charge in [0.05, 0.1) is 43.5 Å². The van der Waals surface area contributed by atoms with E-state index < -0.39 is 46.0 Å². The maximum Gasteiger partial charge on any atom is 0.333 e. The Hall–Kier alpha value is -4.63. The molecule has 0 bridgehead atoms. The van der Waals surface area contributed by atoms with E-state index >= 15 is 0 Å². The van der Waals surface area contributed by atoms with E-state index in [1.807, 2.05) is 0 Å². The quantitative estimate of drug-likeness (QED) is 0.154. The fourth-order valence-electron chi connectivity index (χ4n) is 5.10. The van der Waals surface area contributed by atoms with Gasteiger partial charge in [-0.3, -0.25) is 19.0 Å². The molecule has 1 N–H and O–H groups in total. The van der Waals surface area contributed by atoms with Gasteiger partial charge in [-0.15, -0.1) is 4.80 Å². The molecule has 0 aliphatic carbocycles. The number of benzene rings is 1. The van der Waals surface area contributed by atoms with Crippen molar-refractivity contribution < 1.29 is 28.2 Å². The number of hydrogen-bond acceptors (Lipinski definition) is 10. The lowest BCUT2D eigenvalue weighted by atomic mass is 9.95. The molecule has 48 heavy (non-hydrogen) atoms. The number of halogens is 1. The van der Waals surface area contributed by atoms with Gasteiger partial charge in [0.2, 0.25) is 5.91 Å². The minimum absolute atomic E-state index is 0.00365. The maximum absolute atomic E-state index is 14.8. The minimum atomic E-state index is -1.63. The summed E-state index contributed by atoms with van der Waals surface area (Å²) in [5.74, 6) is -1.41. The van der Waals surface area contributed by atoms with Crippen molar-refractivity contribution in [1.29, 1.82) is 0 Å². The molecule has 15 heteroatoms. The Labute approximate surface area is 280 Å². The number of amides is 1. The number of aromatic nitrogens is 5. The molecule has 3 aromatic heterocycles. The SMILES string of the molecule is C=CCOC(=O)C(C)(C)CO[C@@H](Cn1c(=O)n(C(C)(C)C(=O)NC(C)C)c(=O)c2c(C)c(-n3nccn3)sc21)c1cc(F)ccc1OC.